The van der Waals surface area contributed by atoms with E-state index in [2.05, 4.69) is 19.9 Å². The Labute approximate surface area is 165 Å². The molecule has 4 aromatic rings. The molecule has 8 heteroatoms. The summed E-state index contributed by atoms with van der Waals surface area (Å²) in [6, 6.07) is 10.6. The Morgan fingerprint density at radius 3 is 2.90 bits per heavy atom. The first-order chi connectivity index (χ1) is 14.1. The molecule has 0 saturated heterocycles. The van der Waals surface area contributed by atoms with Crippen molar-refractivity contribution >= 4 is 17.0 Å². The van der Waals surface area contributed by atoms with Crippen molar-refractivity contribution < 1.29 is 13.9 Å². The second-order valence-corrected chi connectivity index (χ2v) is 6.91. The number of nitrogen functional groups attached to an aromatic ring is 1. The number of fused-ring (bicyclic) bond motifs is 2. The molecule has 0 radical (unpaired) electrons. The third-order valence-corrected chi connectivity index (χ3v) is 5.10. The van der Waals surface area contributed by atoms with Gasteiger partial charge in [0, 0.05) is 24.2 Å². The van der Waals surface area contributed by atoms with Crippen LogP contribution in [0.4, 0.5) is 10.3 Å². The van der Waals surface area contributed by atoms with E-state index in [0.717, 1.165) is 16.9 Å². The Bertz CT molecular complexity index is 1220. The van der Waals surface area contributed by atoms with Gasteiger partial charge in [0.1, 0.15) is 23.5 Å². The van der Waals surface area contributed by atoms with Crippen LogP contribution in [0.3, 0.4) is 0 Å². The minimum absolute atomic E-state index is 0.0944. The summed E-state index contributed by atoms with van der Waals surface area (Å²) in [6.07, 6.45) is 1.91. The fraction of sp³-hybridized carbons (Fsp3) is 0.190. The molecule has 5 rings (SSSR count). The van der Waals surface area contributed by atoms with E-state index in [1.807, 2.05) is 18.2 Å². The Kier molecular flexibility index (Phi) is 4.13. The number of hydrogen-bond donors (Lipinski definition) is 2. The predicted octanol–water partition coefficient (Wildman–Crippen LogP) is 3.56. The maximum Gasteiger partial charge on any atom is 0.220 e. The van der Waals surface area contributed by atoms with Gasteiger partial charge >= 0.3 is 0 Å². The fourth-order valence-electron chi connectivity index (χ4n) is 3.61. The highest BCUT2D eigenvalue weighted by molar-refractivity contribution is 5.81. The smallest absolute Gasteiger partial charge is 0.220 e. The Balaban J connectivity index is 1.50. The lowest BCUT2D eigenvalue weighted by molar-refractivity contribution is 0.0224. The van der Waals surface area contributed by atoms with E-state index < -0.39 is 5.82 Å². The predicted molar refractivity (Wildman–Crippen MR) is 106 cm³/mol. The summed E-state index contributed by atoms with van der Waals surface area (Å²) in [5, 5.41) is 0. The lowest BCUT2D eigenvalue weighted by Crippen LogP contribution is -2.16. The van der Waals surface area contributed by atoms with Gasteiger partial charge in [-0.05, 0) is 35.4 Å². The molecular weight excluding hydrogens is 373 g/mol. The highest BCUT2D eigenvalue weighted by atomic mass is 19.1. The molecule has 3 heterocycles. The third kappa shape index (κ3) is 3.17. The molecule has 0 aliphatic carbocycles. The van der Waals surface area contributed by atoms with Crippen molar-refractivity contribution in [2.75, 3.05) is 12.8 Å². The first-order valence-electron chi connectivity index (χ1n) is 9.16. The maximum atomic E-state index is 14.7. The van der Waals surface area contributed by atoms with Gasteiger partial charge in [-0.2, -0.15) is 0 Å². The molecule has 0 fully saturated rings. The minimum Gasteiger partial charge on any atom is -0.497 e. The van der Waals surface area contributed by atoms with Gasteiger partial charge < -0.3 is 20.2 Å². The summed E-state index contributed by atoms with van der Waals surface area (Å²) in [5.74, 6) is 1.14. The molecule has 146 valence electrons. The monoisotopic (exact) mass is 391 g/mol. The van der Waals surface area contributed by atoms with E-state index in [1.54, 1.807) is 19.2 Å². The van der Waals surface area contributed by atoms with Crippen molar-refractivity contribution in [1.29, 1.82) is 0 Å². The molecule has 1 unspecified atom stereocenters. The Morgan fingerprint density at radius 1 is 1.17 bits per heavy atom. The molecule has 0 saturated carbocycles. The van der Waals surface area contributed by atoms with Gasteiger partial charge in [0.2, 0.25) is 5.95 Å². The van der Waals surface area contributed by atoms with Gasteiger partial charge in [0.25, 0.3) is 0 Å². The first-order valence-corrected chi connectivity index (χ1v) is 9.16. The number of aromatic nitrogens is 4. The SMILES string of the molecule is COc1ccc2c(c1)CC(c1nc3cc(F)c(-c4ccnc(N)n4)cc3[nH]1)OC2. The zero-order chi connectivity index (χ0) is 20.0. The number of imidazole rings is 1. The lowest BCUT2D eigenvalue weighted by atomic mass is 9.98. The van der Waals surface area contributed by atoms with Gasteiger partial charge in [-0.1, -0.05) is 6.07 Å². The number of aromatic amines is 1. The van der Waals surface area contributed by atoms with E-state index in [1.165, 1.54) is 12.3 Å². The molecule has 3 N–H and O–H groups in total. The summed E-state index contributed by atoms with van der Waals surface area (Å²) in [4.78, 5) is 15.8. The molecule has 29 heavy (non-hydrogen) atoms. The number of nitrogens with zero attached hydrogens (tertiary/aromatic N) is 3. The number of benzene rings is 2. The summed E-state index contributed by atoms with van der Waals surface area (Å²) in [6.45, 7) is 0.487. The maximum absolute atomic E-state index is 14.7. The van der Waals surface area contributed by atoms with Crippen LogP contribution in [0, 0.1) is 5.82 Å². The largest absolute Gasteiger partial charge is 0.497 e. The molecular formula is C21H18FN5O2. The molecule has 7 nitrogen and oxygen atoms in total. The average Bonchev–Trinajstić information content (AvgIpc) is 3.15. The van der Waals surface area contributed by atoms with Crippen molar-refractivity contribution in [3.63, 3.8) is 0 Å². The third-order valence-electron chi connectivity index (χ3n) is 5.10. The van der Waals surface area contributed by atoms with Crippen LogP contribution in [0.5, 0.6) is 5.75 Å². The van der Waals surface area contributed by atoms with Crippen LogP contribution >= 0.6 is 0 Å². The van der Waals surface area contributed by atoms with Crippen LogP contribution in [-0.4, -0.2) is 27.0 Å². The molecule has 1 aliphatic rings. The van der Waals surface area contributed by atoms with Crippen molar-refractivity contribution in [2.24, 2.45) is 0 Å². The van der Waals surface area contributed by atoms with Crippen molar-refractivity contribution in [3.8, 4) is 17.0 Å². The molecule has 0 amide bonds. The number of nitrogens with two attached hydrogens (primary N) is 1. The Morgan fingerprint density at radius 2 is 2.07 bits per heavy atom. The molecule has 1 aliphatic heterocycles. The summed E-state index contributed by atoms with van der Waals surface area (Å²) in [7, 11) is 1.65. The van der Waals surface area contributed by atoms with Crippen molar-refractivity contribution in [3.05, 3.63) is 65.4 Å². The molecule has 0 spiro atoms. The minimum atomic E-state index is -0.423. The number of nitrogens with one attached hydrogen (secondary N) is 1. The summed E-state index contributed by atoms with van der Waals surface area (Å²) in [5.41, 5.74) is 9.91. The standard InChI is InChI=1S/C21H18FN5O2/c1-28-13-3-2-11-10-29-19(7-12(11)6-13)20-25-17-8-14(15(22)9-18(17)26-20)16-4-5-24-21(23)27-16/h2-6,8-9,19H,7,10H2,1H3,(H,25,26)(H2,23,24,27). The van der Waals surface area contributed by atoms with E-state index in [0.29, 0.717) is 41.1 Å². The average molecular weight is 391 g/mol. The van der Waals surface area contributed by atoms with Gasteiger partial charge in [-0.15, -0.1) is 0 Å². The van der Waals surface area contributed by atoms with Crippen LogP contribution in [-0.2, 0) is 17.8 Å². The van der Waals surface area contributed by atoms with Gasteiger partial charge in [0.15, 0.2) is 0 Å². The second kappa shape index (κ2) is 6.82. The fourth-order valence-corrected chi connectivity index (χ4v) is 3.61. The zero-order valence-corrected chi connectivity index (χ0v) is 15.6. The van der Waals surface area contributed by atoms with E-state index in [9.17, 15) is 4.39 Å². The van der Waals surface area contributed by atoms with Crippen LogP contribution in [0.15, 0.2) is 42.6 Å². The molecule has 0 bridgehead atoms. The van der Waals surface area contributed by atoms with Gasteiger partial charge in [0.05, 0.1) is 30.4 Å². The number of halogens is 1. The number of methoxy groups -OCH3 is 1. The number of anilines is 1. The highest BCUT2D eigenvalue weighted by Gasteiger charge is 2.24. The van der Waals surface area contributed by atoms with Gasteiger partial charge in [-0.3, -0.25) is 0 Å². The summed E-state index contributed by atoms with van der Waals surface area (Å²) >= 11 is 0. The lowest BCUT2D eigenvalue weighted by Gasteiger charge is -2.24. The number of hydrogen-bond acceptors (Lipinski definition) is 6. The topological polar surface area (TPSA) is 98.9 Å². The van der Waals surface area contributed by atoms with Crippen LogP contribution in [0.25, 0.3) is 22.3 Å². The number of ether oxygens (including phenoxy) is 2. The summed E-state index contributed by atoms with van der Waals surface area (Å²) < 4.78 is 26.0. The van der Waals surface area contributed by atoms with Crippen molar-refractivity contribution in [2.45, 2.75) is 19.1 Å². The van der Waals surface area contributed by atoms with Crippen LogP contribution in [0.1, 0.15) is 23.1 Å². The Hall–Kier alpha value is -3.52. The van der Waals surface area contributed by atoms with Gasteiger partial charge in [-0.25, -0.2) is 19.3 Å². The first kappa shape index (κ1) is 17.6. The van der Waals surface area contributed by atoms with E-state index >= 15 is 0 Å². The van der Waals surface area contributed by atoms with E-state index in [-0.39, 0.29) is 12.1 Å². The molecule has 1 atom stereocenters. The van der Waals surface area contributed by atoms with Crippen LogP contribution in [0.2, 0.25) is 0 Å². The van der Waals surface area contributed by atoms with Crippen molar-refractivity contribution in [1.82, 2.24) is 19.9 Å². The normalized spacial score (nSPS) is 16.0. The second-order valence-electron chi connectivity index (χ2n) is 6.91. The quantitative estimate of drug-likeness (QED) is 0.554. The highest BCUT2D eigenvalue weighted by Crippen LogP contribution is 2.33. The van der Waals surface area contributed by atoms with Crippen LogP contribution < -0.4 is 10.5 Å². The number of rotatable bonds is 3. The molecule has 2 aromatic carbocycles. The molecule has 2 aromatic heterocycles. The zero-order valence-electron chi connectivity index (χ0n) is 15.6. The number of H-pyrrole nitrogens is 1. The van der Waals surface area contributed by atoms with E-state index in [4.69, 9.17) is 15.2 Å².